The second kappa shape index (κ2) is 5.54. The van der Waals surface area contributed by atoms with E-state index in [4.69, 9.17) is 27.9 Å². The van der Waals surface area contributed by atoms with Gasteiger partial charge >= 0.3 is 0 Å². The van der Waals surface area contributed by atoms with Gasteiger partial charge in [0.2, 0.25) is 0 Å². The number of imidazole rings is 1. The summed E-state index contributed by atoms with van der Waals surface area (Å²) in [6, 6.07) is 7.39. The maximum absolute atomic E-state index is 6.12. The van der Waals surface area contributed by atoms with Crippen molar-refractivity contribution in [1.82, 2.24) is 14.5 Å². The van der Waals surface area contributed by atoms with Gasteiger partial charge in [-0.05, 0) is 36.8 Å². The Morgan fingerprint density at radius 1 is 1.29 bits per heavy atom. The molecule has 6 heteroatoms. The first-order valence-corrected chi connectivity index (χ1v) is 7.29. The van der Waals surface area contributed by atoms with E-state index in [1.807, 2.05) is 29.7 Å². The Kier molecular flexibility index (Phi) is 3.74. The smallest absolute Gasteiger partial charge is 0.164 e. The van der Waals surface area contributed by atoms with Gasteiger partial charge in [-0.3, -0.25) is 4.57 Å². The maximum Gasteiger partial charge on any atom is 0.164 e. The third-order valence-corrected chi connectivity index (χ3v) is 3.68. The molecule has 2 heterocycles. The molecular formula is C15H13Cl2N3O. The van der Waals surface area contributed by atoms with Gasteiger partial charge in [-0.25, -0.2) is 9.97 Å². The zero-order chi connectivity index (χ0) is 15.0. The molecule has 0 atom stereocenters. The number of fused-ring (bicyclic) bond motifs is 1. The van der Waals surface area contributed by atoms with Crippen molar-refractivity contribution in [2.24, 2.45) is 0 Å². The Morgan fingerprint density at radius 2 is 2.10 bits per heavy atom. The molecule has 0 radical (unpaired) electrons. The highest BCUT2D eigenvalue weighted by molar-refractivity contribution is 6.30. The lowest BCUT2D eigenvalue weighted by Crippen LogP contribution is -2.03. The van der Waals surface area contributed by atoms with Crippen molar-refractivity contribution in [3.63, 3.8) is 0 Å². The van der Waals surface area contributed by atoms with Crippen LogP contribution in [0.5, 0.6) is 5.75 Å². The van der Waals surface area contributed by atoms with Crippen molar-refractivity contribution in [2.45, 2.75) is 12.8 Å². The lowest BCUT2D eigenvalue weighted by Gasteiger charge is -2.12. The van der Waals surface area contributed by atoms with Gasteiger partial charge < -0.3 is 4.74 Å². The number of ether oxygens (including phenoxy) is 1. The molecule has 3 aromatic rings. The molecular weight excluding hydrogens is 309 g/mol. The molecule has 0 bridgehead atoms. The van der Waals surface area contributed by atoms with Crippen LogP contribution in [0.4, 0.5) is 0 Å². The van der Waals surface area contributed by atoms with E-state index in [1.54, 1.807) is 19.4 Å². The Bertz CT molecular complexity index is 814. The lowest BCUT2D eigenvalue weighted by atomic mass is 10.2. The summed E-state index contributed by atoms with van der Waals surface area (Å²) in [4.78, 5) is 9.02. The molecule has 0 aliphatic rings. The Hall–Kier alpha value is -1.78. The molecule has 0 unspecified atom stereocenters. The lowest BCUT2D eigenvalue weighted by molar-refractivity contribution is 0.413. The molecule has 0 aliphatic carbocycles. The van der Waals surface area contributed by atoms with Gasteiger partial charge in [0.05, 0.1) is 18.7 Å². The summed E-state index contributed by atoms with van der Waals surface area (Å²) in [5, 5.41) is 0.611. The number of hydrogen-bond acceptors (Lipinski definition) is 3. The summed E-state index contributed by atoms with van der Waals surface area (Å²) in [6.07, 6.45) is 1.80. The SMILES string of the molecule is COc1ccc(Cl)cc1-n1c(CCl)nc2cc(C)cnc21. The highest BCUT2D eigenvalue weighted by atomic mass is 35.5. The number of halogens is 2. The van der Waals surface area contributed by atoms with Crippen molar-refractivity contribution >= 4 is 34.4 Å². The number of nitrogens with zero attached hydrogens (tertiary/aromatic N) is 3. The molecule has 0 N–H and O–H groups in total. The van der Waals surface area contributed by atoms with Crippen molar-refractivity contribution in [3.05, 3.63) is 46.9 Å². The average Bonchev–Trinajstić information content (AvgIpc) is 2.84. The fourth-order valence-corrected chi connectivity index (χ4v) is 2.64. The molecule has 1 aromatic carbocycles. The second-order valence-corrected chi connectivity index (χ2v) is 5.37. The van der Waals surface area contributed by atoms with Crippen LogP contribution in [0.3, 0.4) is 0 Å². The number of benzene rings is 1. The summed E-state index contributed by atoms with van der Waals surface area (Å²) in [5.74, 6) is 1.66. The van der Waals surface area contributed by atoms with Crippen LogP contribution in [0.15, 0.2) is 30.5 Å². The summed E-state index contributed by atoms with van der Waals surface area (Å²) in [5.41, 5.74) is 3.36. The van der Waals surface area contributed by atoms with Gasteiger partial charge in [0.25, 0.3) is 0 Å². The predicted octanol–water partition coefficient (Wildman–Crippen LogP) is 4.13. The van der Waals surface area contributed by atoms with E-state index >= 15 is 0 Å². The van der Waals surface area contributed by atoms with Crippen LogP contribution in [0.25, 0.3) is 16.9 Å². The minimum absolute atomic E-state index is 0.269. The highest BCUT2D eigenvalue weighted by Crippen LogP contribution is 2.30. The Morgan fingerprint density at radius 3 is 2.81 bits per heavy atom. The Labute approximate surface area is 132 Å². The molecule has 0 spiro atoms. The fraction of sp³-hybridized carbons (Fsp3) is 0.200. The molecule has 0 saturated heterocycles. The van der Waals surface area contributed by atoms with E-state index in [9.17, 15) is 0 Å². The van der Waals surface area contributed by atoms with E-state index in [2.05, 4.69) is 9.97 Å². The number of pyridine rings is 1. The number of methoxy groups -OCH3 is 1. The van der Waals surface area contributed by atoms with Crippen LogP contribution >= 0.6 is 23.2 Å². The normalized spacial score (nSPS) is 11.0. The standard InChI is InChI=1S/C15H13Cl2N3O/c1-9-5-11-15(18-8-9)20(14(7-16)19-11)12-6-10(17)3-4-13(12)21-2/h3-6,8H,7H2,1-2H3. The van der Waals surface area contributed by atoms with Crippen LogP contribution in [0, 0.1) is 6.92 Å². The van der Waals surface area contributed by atoms with Crippen molar-refractivity contribution in [3.8, 4) is 11.4 Å². The summed E-state index contributed by atoms with van der Waals surface area (Å²) in [6.45, 7) is 1.98. The predicted molar refractivity (Wildman–Crippen MR) is 84.7 cm³/mol. The molecule has 3 rings (SSSR count). The second-order valence-electron chi connectivity index (χ2n) is 4.67. The van der Waals surface area contributed by atoms with Gasteiger partial charge in [0, 0.05) is 11.2 Å². The summed E-state index contributed by atoms with van der Waals surface area (Å²) < 4.78 is 7.30. The van der Waals surface area contributed by atoms with Crippen LogP contribution in [0.2, 0.25) is 5.02 Å². The van der Waals surface area contributed by atoms with Crippen molar-refractivity contribution in [2.75, 3.05) is 7.11 Å². The van der Waals surface area contributed by atoms with Gasteiger partial charge in [-0.1, -0.05) is 11.6 Å². The first-order valence-electron chi connectivity index (χ1n) is 6.38. The number of rotatable bonds is 3. The minimum atomic E-state index is 0.269. The first-order chi connectivity index (χ1) is 10.1. The van der Waals surface area contributed by atoms with Crippen LogP contribution in [-0.2, 0) is 5.88 Å². The van der Waals surface area contributed by atoms with Crippen molar-refractivity contribution < 1.29 is 4.74 Å². The number of aryl methyl sites for hydroxylation is 1. The molecule has 4 nitrogen and oxygen atoms in total. The average molecular weight is 322 g/mol. The van der Waals surface area contributed by atoms with Gasteiger partial charge in [-0.2, -0.15) is 0 Å². The van der Waals surface area contributed by atoms with E-state index in [0.717, 1.165) is 22.4 Å². The molecule has 2 aromatic heterocycles. The topological polar surface area (TPSA) is 39.9 Å². The maximum atomic E-state index is 6.12. The third kappa shape index (κ3) is 2.45. The quantitative estimate of drug-likeness (QED) is 0.681. The largest absolute Gasteiger partial charge is 0.495 e. The minimum Gasteiger partial charge on any atom is -0.495 e. The summed E-state index contributed by atoms with van der Waals surface area (Å²) >= 11 is 12.2. The number of alkyl halides is 1. The monoisotopic (exact) mass is 321 g/mol. The van der Waals surface area contributed by atoms with Gasteiger partial charge in [-0.15, -0.1) is 11.6 Å². The third-order valence-electron chi connectivity index (χ3n) is 3.20. The van der Waals surface area contributed by atoms with Crippen LogP contribution in [-0.4, -0.2) is 21.6 Å². The Balaban J connectivity index is 2.36. The molecule has 0 aliphatic heterocycles. The van der Waals surface area contributed by atoms with E-state index < -0.39 is 0 Å². The molecule has 0 saturated carbocycles. The fourth-order valence-electron chi connectivity index (χ4n) is 2.29. The van der Waals surface area contributed by atoms with E-state index in [1.165, 1.54) is 0 Å². The van der Waals surface area contributed by atoms with Gasteiger partial charge in [0.1, 0.15) is 17.1 Å². The van der Waals surface area contributed by atoms with E-state index in [-0.39, 0.29) is 5.88 Å². The molecule has 21 heavy (non-hydrogen) atoms. The number of aromatic nitrogens is 3. The van der Waals surface area contributed by atoms with Crippen LogP contribution < -0.4 is 4.74 Å². The molecule has 108 valence electrons. The zero-order valence-electron chi connectivity index (χ0n) is 11.6. The number of hydrogen-bond donors (Lipinski definition) is 0. The molecule has 0 fully saturated rings. The first kappa shape index (κ1) is 14.2. The highest BCUT2D eigenvalue weighted by Gasteiger charge is 2.16. The van der Waals surface area contributed by atoms with Crippen LogP contribution in [0.1, 0.15) is 11.4 Å². The van der Waals surface area contributed by atoms with E-state index in [0.29, 0.717) is 16.6 Å². The zero-order valence-corrected chi connectivity index (χ0v) is 13.1. The van der Waals surface area contributed by atoms with Gasteiger partial charge in [0.15, 0.2) is 5.65 Å². The van der Waals surface area contributed by atoms with Crippen molar-refractivity contribution in [1.29, 1.82) is 0 Å². The summed E-state index contributed by atoms with van der Waals surface area (Å²) in [7, 11) is 1.61. The molecule has 0 amide bonds.